The van der Waals surface area contributed by atoms with Crippen LogP contribution in [0.3, 0.4) is 0 Å². The molecule has 0 spiro atoms. The highest BCUT2D eigenvalue weighted by atomic mass is 32.2. The number of likely N-dealkylation sites (tertiary alicyclic amines) is 1. The lowest BCUT2D eigenvalue weighted by Gasteiger charge is -2.40. The van der Waals surface area contributed by atoms with Gasteiger partial charge in [0.15, 0.2) is 21.4 Å². The molecular weight excluding hydrogens is 639 g/mol. The number of sulfone groups is 1. The van der Waals surface area contributed by atoms with Crippen LogP contribution in [0.15, 0.2) is 0 Å². The summed E-state index contributed by atoms with van der Waals surface area (Å²) in [6.45, 7) is -0.548. The molecule has 0 N–H and O–H groups in total. The van der Waals surface area contributed by atoms with Crippen LogP contribution in [-0.4, -0.2) is 65.4 Å². The molecule has 3 aliphatic carbocycles. The molecule has 0 radical (unpaired) electrons. The zero-order valence-electron chi connectivity index (χ0n) is 42.2. The van der Waals surface area contributed by atoms with Gasteiger partial charge in [0, 0.05) is 60.5 Å². The number of ketones is 4. The Morgan fingerprint density at radius 2 is 1.65 bits per heavy atom. The first kappa shape index (κ1) is 26.0. The van der Waals surface area contributed by atoms with Gasteiger partial charge < -0.3 is 4.90 Å². The normalized spacial score (nSPS) is 31.4. The topological polar surface area (TPSA) is 123 Å². The summed E-state index contributed by atoms with van der Waals surface area (Å²) < 4.78 is 127. The van der Waals surface area contributed by atoms with Crippen LogP contribution >= 0.6 is 0 Å². The number of nitrogens with zero attached hydrogens (tertiary/aromatic N) is 1. The van der Waals surface area contributed by atoms with Crippen LogP contribution in [0, 0.1) is 45.8 Å². The lowest BCUT2D eigenvalue weighted by molar-refractivity contribution is -0.148. The second kappa shape index (κ2) is 14.6. The van der Waals surface area contributed by atoms with Gasteiger partial charge in [0.05, 0.1) is 16.5 Å². The van der Waals surface area contributed by atoms with Gasteiger partial charge >= 0.3 is 0 Å². The fourth-order valence-electron chi connectivity index (χ4n) is 8.19. The van der Waals surface area contributed by atoms with Crippen molar-refractivity contribution in [3.63, 3.8) is 0 Å². The zero-order valence-corrected chi connectivity index (χ0v) is 31.0. The quantitative estimate of drug-likeness (QED) is 0.144. The average Bonchev–Trinajstić information content (AvgIpc) is 3.94. The maximum atomic E-state index is 15.1. The Morgan fingerprint density at radius 1 is 1.00 bits per heavy atom. The van der Waals surface area contributed by atoms with E-state index in [0.717, 1.165) is 18.2 Å². The fourth-order valence-corrected chi connectivity index (χ4v) is 9.82. The standard InChI is InChI=1S/C40H65NO7S/c1-10-11-15-27(35(45)32(44)20-26-16-17-26)21-31(43)34-33-30(39(33,8)9)24-41(34)36(46)29(37(2,3)4)22-28(42)23-40(18-13-12-14-19-40)25-49(47,48)38(5,6)7/h26-27,29-30,33-34H,10-25H2,1-9H3/t27-,29-,30+,33+,34-/m1/s1/i1D3,2D3,3D3,15D2,27D. The number of Topliss-reactive ketones (excluding diaryl/α,β-unsaturated/α-hetero) is 4. The van der Waals surface area contributed by atoms with Crippen LogP contribution in [0.25, 0.3) is 0 Å². The molecule has 4 aliphatic rings. The third-order valence-corrected chi connectivity index (χ3v) is 14.5. The Labute approximate surface area is 313 Å². The van der Waals surface area contributed by atoms with Crippen molar-refractivity contribution in [2.45, 2.75) is 163 Å². The van der Waals surface area contributed by atoms with Crippen molar-refractivity contribution < 1.29 is 48.8 Å². The molecule has 0 unspecified atom stereocenters. The summed E-state index contributed by atoms with van der Waals surface area (Å²) in [5.41, 5.74) is -4.57. The molecule has 4 fully saturated rings. The Hall–Kier alpha value is -1.90. The molecule has 0 aromatic rings. The van der Waals surface area contributed by atoms with Crippen LogP contribution in [0.1, 0.15) is 168 Å². The van der Waals surface area contributed by atoms with Gasteiger partial charge in [-0.25, -0.2) is 8.42 Å². The number of carbonyl (C=O) groups excluding carboxylic acids is 5. The van der Waals surface area contributed by atoms with Gasteiger partial charge in [-0.3, -0.25) is 24.0 Å². The second-order valence-electron chi connectivity index (χ2n) is 17.2. The van der Waals surface area contributed by atoms with E-state index in [0.29, 0.717) is 38.5 Å². The fraction of sp³-hybridized carbons (Fsp3) is 0.875. The van der Waals surface area contributed by atoms with Gasteiger partial charge in [-0.15, -0.1) is 0 Å². The third-order valence-electron chi connectivity index (χ3n) is 11.7. The van der Waals surface area contributed by atoms with Gasteiger partial charge in [0.2, 0.25) is 11.7 Å². The Balaban J connectivity index is 1.79. The number of amides is 1. The molecule has 4 rings (SSSR count). The lowest BCUT2D eigenvalue weighted by Crippen LogP contribution is -2.51. The number of carbonyl (C=O) groups is 5. The van der Waals surface area contributed by atoms with Crippen LogP contribution in [0.4, 0.5) is 0 Å². The summed E-state index contributed by atoms with van der Waals surface area (Å²) in [7, 11) is -3.77. The maximum Gasteiger partial charge on any atom is 0.227 e. The van der Waals surface area contributed by atoms with E-state index in [1.165, 1.54) is 0 Å². The van der Waals surface area contributed by atoms with E-state index in [9.17, 15) is 29.0 Å². The third kappa shape index (κ3) is 9.13. The number of hydrogen-bond acceptors (Lipinski definition) is 7. The molecule has 1 heterocycles. The highest BCUT2D eigenvalue weighted by Gasteiger charge is 2.69. The van der Waals surface area contributed by atoms with Gasteiger partial charge in [0.1, 0.15) is 5.78 Å². The van der Waals surface area contributed by atoms with Crippen molar-refractivity contribution in [3.8, 4) is 0 Å². The van der Waals surface area contributed by atoms with E-state index in [4.69, 9.17) is 15.1 Å². The van der Waals surface area contributed by atoms with E-state index < -0.39 is 142 Å². The first-order valence-corrected chi connectivity index (χ1v) is 19.6. The van der Waals surface area contributed by atoms with Crippen LogP contribution in [0.2, 0.25) is 0 Å². The van der Waals surface area contributed by atoms with Crippen LogP contribution < -0.4 is 0 Å². The van der Waals surface area contributed by atoms with Crippen molar-refractivity contribution in [3.05, 3.63) is 0 Å². The molecule has 1 saturated heterocycles. The minimum Gasteiger partial charge on any atom is -0.332 e. The second-order valence-corrected chi connectivity index (χ2v) is 19.9. The first-order valence-electron chi connectivity index (χ1n) is 23.9. The SMILES string of the molecule is [2H]C([2H])([2H])CCC([2H])([2H])[C@]([2H])(CC(=O)[C@@H]1[C@@H]2[C@H](CN1C(=O)[C@@H](CC(=O)CC1(CS(=O)(=O)C(C)(C)C)CCCCC1)C(C)(C([2H])([2H])[2H])C([2H])([2H])[2H])C2(C)C)C(=O)C(=O)CC1CC1. The van der Waals surface area contributed by atoms with E-state index >= 15 is 4.79 Å². The van der Waals surface area contributed by atoms with Gasteiger partial charge in [-0.05, 0) is 86.8 Å². The van der Waals surface area contributed by atoms with Crippen molar-refractivity contribution in [1.82, 2.24) is 4.90 Å². The first-order chi connectivity index (χ1) is 27.3. The van der Waals surface area contributed by atoms with E-state index in [1.54, 1.807) is 34.6 Å². The summed E-state index contributed by atoms with van der Waals surface area (Å²) in [5.74, 6) is -12.3. The Bertz CT molecular complexity index is 1830. The van der Waals surface area contributed by atoms with Crippen molar-refractivity contribution >= 4 is 38.9 Å². The largest absolute Gasteiger partial charge is 0.332 e. The summed E-state index contributed by atoms with van der Waals surface area (Å²) in [4.78, 5) is 72.2. The molecule has 1 amide bonds. The number of hydrogen-bond donors (Lipinski definition) is 0. The minimum atomic E-state index is -3.77. The molecule has 5 atom stereocenters. The molecule has 278 valence electrons. The lowest BCUT2D eigenvalue weighted by atomic mass is 9.70. The van der Waals surface area contributed by atoms with Gasteiger partial charge in [-0.1, -0.05) is 73.4 Å². The van der Waals surface area contributed by atoms with Crippen molar-refractivity contribution in [1.29, 1.82) is 0 Å². The summed E-state index contributed by atoms with van der Waals surface area (Å²) in [5, 5.41) is 0. The Morgan fingerprint density at radius 3 is 2.22 bits per heavy atom. The monoisotopic (exact) mass is 716 g/mol. The minimum absolute atomic E-state index is 0.151. The number of rotatable bonds is 17. The van der Waals surface area contributed by atoms with Gasteiger partial charge in [-0.2, -0.15) is 0 Å². The molecule has 1 aliphatic heterocycles. The molecule has 3 saturated carbocycles. The van der Waals surface area contributed by atoms with E-state index in [-0.39, 0.29) is 31.1 Å². The number of fused-ring (bicyclic) bond motifs is 1. The maximum absolute atomic E-state index is 15.1. The predicted octanol–water partition coefficient (Wildman–Crippen LogP) is 7.35. The summed E-state index contributed by atoms with van der Waals surface area (Å²) >= 11 is 0. The number of piperidine rings is 1. The zero-order chi connectivity index (χ0) is 47.0. The van der Waals surface area contributed by atoms with Gasteiger partial charge in [0.25, 0.3) is 0 Å². The van der Waals surface area contributed by atoms with Crippen molar-refractivity contribution in [2.24, 2.45) is 45.8 Å². The van der Waals surface area contributed by atoms with Crippen LogP contribution in [0.5, 0.6) is 0 Å². The molecule has 9 heteroatoms. The summed E-state index contributed by atoms with van der Waals surface area (Å²) in [6, 6.07) is -1.54. The van der Waals surface area contributed by atoms with Crippen LogP contribution in [-0.2, 0) is 33.8 Å². The molecule has 0 aromatic carbocycles. The highest BCUT2D eigenvalue weighted by Crippen LogP contribution is 2.65. The van der Waals surface area contributed by atoms with Crippen molar-refractivity contribution in [2.75, 3.05) is 12.3 Å². The summed E-state index contributed by atoms with van der Waals surface area (Å²) in [6.07, 6.45) is -3.46. The van der Waals surface area contributed by atoms with E-state index in [1.807, 2.05) is 0 Å². The van der Waals surface area contributed by atoms with E-state index in [2.05, 4.69) is 0 Å². The average molecular weight is 716 g/mol. The Kier molecular flexibility index (Phi) is 7.74. The predicted molar refractivity (Wildman–Crippen MR) is 192 cm³/mol. The molecule has 49 heavy (non-hydrogen) atoms. The molecule has 0 aromatic heterocycles. The molecular formula is C40H65NO7S. The molecule has 0 bridgehead atoms. The smallest absolute Gasteiger partial charge is 0.227 e. The molecule has 8 nitrogen and oxygen atoms in total. The highest BCUT2D eigenvalue weighted by molar-refractivity contribution is 7.92.